The van der Waals surface area contributed by atoms with E-state index in [0.29, 0.717) is 0 Å². The summed E-state index contributed by atoms with van der Waals surface area (Å²) in [6.07, 6.45) is 0.200. The molecular formula is C16H22N2O2S. The van der Waals surface area contributed by atoms with Crippen LogP contribution in [0.25, 0.3) is 0 Å². The van der Waals surface area contributed by atoms with Gasteiger partial charge in [0.2, 0.25) is 11.8 Å². The maximum atomic E-state index is 12.1. The lowest BCUT2D eigenvalue weighted by molar-refractivity contribution is -0.125. The number of anilines is 1. The third-order valence-corrected chi connectivity index (χ3v) is 5.03. The third-order valence-electron chi connectivity index (χ3n) is 3.75. The predicted molar refractivity (Wildman–Crippen MR) is 86.4 cm³/mol. The Morgan fingerprint density at radius 1 is 1.38 bits per heavy atom. The minimum Gasteiger partial charge on any atom is -0.353 e. The fourth-order valence-corrected chi connectivity index (χ4v) is 3.02. The molecule has 0 saturated heterocycles. The minimum atomic E-state index is -0.368. The molecule has 0 unspecified atom stereocenters. The first-order chi connectivity index (χ1) is 9.77. The summed E-state index contributed by atoms with van der Waals surface area (Å²) < 4.78 is 0. The molecule has 2 N–H and O–H groups in total. The van der Waals surface area contributed by atoms with Gasteiger partial charge in [-0.25, -0.2) is 0 Å². The Morgan fingerprint density at radius 2 is 2.05 bits per heavy atom. The summed E-state index contributed by atoms with van der Waals surface area (Å²) >= 11 is 1.46. The van der Waals surface area contributed by atoms with Crippen molar-refractivity contribution in [2.24, 2.45) is 5.41 Å². The van der Waals surface area contributed by atoms with Crippen LogP contribution in [-0.4, -0.2) is 23.1 Å². The summed E-state index contributed by atoms with van der Waals surface area (Å²) in [6.45, 7) is 8.23. The van der Waals surface area contributed by atoms with E-state index >= 15 is 0 Å². The van der Waals surface area contributed by atoms with Crippen LogP contribution in [0.2, 0.25) is 0 Å². The number of thioether (sulfide) groups is 1. The molecule has 2 amide bonds. The molecule has 1 aliphatic rings. The molecule has 2 rings (SSSR count). The molecular weight excluding hydrogens is 284 g/mol. The van der Waals surface area contributed by atoms with Gasteiger partial charge in [-0.1, -0.05) is 32.9 Å². The SMILES string of the molecule is C[C@H](NC(=O)C[C@@H]1Sc2ccccc2NC1=O)C(C)(C)C. The Balaban J connectivity index is 1.98. The number of para-hydroxylation sites is 1. The van der Waals surface area contributed by atoms with Crippen molar-refractivity contribution < 1.29 is 9.59 Å². The number of hydrogen-bond acceptors (Lipinski definition) is 3. The molecule has 0 saturated carbocycles. The minimum absolute atomic E-state index is 0.00419. The second-order valence-corrected chi connectivity index (χ2v) is 7.70. The van der Waals surface area contributed by atoms with Crippen LogP contribution in [0, 0.1) is 5.41 Å². The normalized spacial score (nSPS) is 19.4. The molecule has 0 radical (unpaired) electrons. The number of carbonyl (C=O) groups excluding carboxylic acids is 2. The van der Waals surface area contributed by atoms with Crippen molar-refractivity contribution in [3.05, 3.63) is 24.3 Å². The van der Waals surface area contributed by atoms with E-state index in [1.807, 2.05) is 31.2 Å². The number of nitrogens with one attached hydrogen (secondary N) is 2. The highest BCUT2D eigenvalue weighted by molar-refractivity contribution is 8.01. The number of fused-ring (bicyclic) bond motifs is 1. The molecule has 5 heteroatoms. The smallest absolute Gasteiger partial charge is 0.238 e. The largest absolute Gasteiger partial charge is 0.353 e. The van der Waals surface area contributed by atoms with E-state index in [1.165, 1.54) is 11.8 Å². The molecule has 4 nitrogen and oxygen atoms in total. The Kier molecular flexibility index (Phi) is 4.61. The summed E-state index contributed by atoms with van der Waals surface area (Å²) in [4.78, 5) is 25.2. The van der Waals surface area contributed by atoms with Gasteiger partial charge in [-0.05, 0) is 24.5 Å². The molecule has 0 bridgehead atoms. The second-order valence-electron chi connectivity index (χ2n) is 6.45. The topological polar surface area (TPSA) is 58.2 Å². The zero-order valence-corrected chi connectivity index (χ0v) is 13.7. The maximum Gasteiger partial charge on any atom is 0.238 e. The van der Waals surface area contributed by atoms with E-state index in [9.17, 15) is 9.59 Å². The third kappa shape index (κ3) is 4.00. The van der Waals surface area contributed by atoms with E-state index in [0.717, 1.165) is 10.6 Å². The van der Waals surface area contributed by atoms with Gasteiger partial charge in [0.25, 0.3) is 0 Å². The fourth-order valence-electron chi connectivity index (χ4n) is 1.91. The first kappa shape index (κ1) is 15.9. The van der Waals surface area contributed by atoms with E-state index < -0.39 is 0 Å². The van der Waals surface area contributed by atoms with E-state index in [-0.39, 0.29) is 34.9 Å². The molecule has 114 valence electrons. The molecule has 1 aromatic carbocycles. The van der Waals surface area contributed by atoms with Crippen molar-refractivity contribution in [1.29, 1.82) is 0 Å². The average molecular weight is 306 g/mol. The fraction of sp³-hybridized carbons (Fsp3) is 0.500. The second kappa shape index (κ2) is 6.10. The number of amides is 2. The van der Waals surface area contributed by atoms with Crippen LogP contribution in [-0.2, 0) is 9.59 Å². The van der Waals surface area contributed by atoms with Crippen LogP contribution in [0.3, 0.4) is 0 Å². The average Bonchev–Trinajstić information content (AvgIpc) is 2.38. The van der Waals surface area contributed by atoms with Crippen molar-refractivity contribution in [1.82, 2.24) is 5.32 Å². The van der Waals surface area contributed by atoms with E-state index in [4.69, 9.17) is 0 Å². The lowest BCUT2D eigenvalue weighted by Crippen LogP contribution is -2.43. The summed E-state index contributed by atoms with van der Waals surface area (Å²) in [5.41, 5.74) is 0.830. The molecule has 0 aromatic heterocycles. The van der Waals surface area contributed by atoms with Gasteiger partial charge < -0.3 is 10.6 Å². The van der Waals surface area contributed by atoms with Crippen molar-refractivity contribution >= 4 is 29.3 Å². The lowest BCUT2D eigenvalue weighted by atomic mass is 9.88. The van der Waals surface area contributed by atoms with Crippen LogP contribution < -0.4 is 10.6 Å². The summed E-state index contributed by atoms with van der Waals surface area (Å²) in [6, 6.07) is 7.72. The zero-order valence-electron chi connectivity index (χ0n) is 12.9. The van der Waals surface area contributed by atoms with Gasteiger partial charge in [0.1, 0.15) is 0 Å². The van der Waals surface area contributed by atoms with Crippen LogP contribution in [0.5, 0.6) is 0 Å². The summed E-state index contributed by atoms with van der Waals surface area (Å²) in [5.74, 6) is -0.179. The summed E-state index contributed by atoms with van der Waals surface area (Å²) in [5, 5.41) is 5.47. The summed E-state index contributed by atoms with van der Waals surface area (Å²) in [7, 11) is 0. The molecule has 1 heterocycles. The van der Waals surface area contributed by atoms with Crippen LogP contribution in [0.4, 0.5) is 5.69 Å². The van der Waals surface area contributed by atoms with Gasteiger partial charge in [0.05, 0.1) is 10.9 Å². The molecule has 0 aliphatic carbocycles. The van der Waals surface area contributed by atoms with Gasteiger partial charge in [-0.15, -0.1) is 11.8 Å². The van der Waals surface area contributed by atoms with Crippen LogP contribution in [0.1, 0.15) is 34.1 Å². The molecule has 2 atom stereocenters. The highest BCUT2D eigenvalue weighted by Crippen LogP contribution is 2.36. The van der Waals surface area contributed by atoms with Crippen molar-refractivity contribution in [2.45, 2.75) is 50.3 Å². The van der Waals surface area contributed by atoms with Gasteiger partial charge >= 0.3 is 0 Å². The Labute approximate surface area is 130 Å². The molecule has 1 aliphatic heterocycles. The highest BCUT2D eigenvalue weighted by atomic mass is 32.2. The molecule has 0 fully saturated rings. The van der Waals surface area contributed by atoms with Gasteiger partial charge in [-0.2, -0.15) is 0 Å². The molecule has 0 spiro atoms. The number of hydrogen-bond donors (Lipinski definition) is 2. The van der Waals surface area contributed by atoms with Gasteiger partial charge in [0, 0.05) is 17.4 Å². The standard InChI is InChI=1S/C16H22N2O2S/c1-10(16(2,3)4)17-14(19)9-13-15(20)18-11-7-5-6-8-12(11)21-13/h5-8,10,13H,9H2,1-4H3,(H,17,19)(H,18,20)/t10-,13-/m0/s1. The monoisotopic (exact) mass is 306 g/mol. The van der Waals surface area contributed by atoms with Crippen molar-refractivity contribution in [2.75, 3.05) is 5.32 Å². The highest BCUT2D eigenvalue weighted by Gasteiger charge is 2.30. The van der Waals surface area contributed by atoms with Crippen LogP contribution in [0.15, 0.2) is 29.2 Å². The van der Waals surface area contributed by atoms with Gasteiger partial charge in [0.15, 0.2) is 0 Å². The Morgan fingerprint density at radius 3 is 2.71 bits per heavy atom. The van der Waals surface area contributed by atoms with Gasteiger partial charge in [-0.3, -0.25) is 9.59 Å². The van der Waals surface area contributed by atoms with Crippen LogP contribution >= 0.6 is 11.8 Å². The predicted octanol–water partition coefficient (Wildman–Crippen LogP) is 3.04. The number of rotatable bonds is 3. The first-order valence-electron chi connectivity index (χ1n) is 7.13. The lowest BCUT2D eigenvalue weighted by Gasteiger charge is -2.29. The van der Waals surface area contributed by atoms with Crippen molar-refractivity contribution in [3.63, 3.8) is 0 Å². The molecule has 1 aromatic rings. The van der Waals surface area contributed by atoms with E-state index in [1.54, 1.807) is 0 Å². The number of benzene rings is 1. The number of carbonyl (C=O) groups is 2. The zero-order chi connectivity index (χ0) is 15.6. The Bertz CT molecular complexity index is 551. The van der Waals surface area contributed by atoms with E-state index in [2.05, 4.69) is 31.4 Å². The maximum absolute atomic E-state index is 12.1. The Hall–Kier alpha value is -1.49. The van der Waals surface area contributed by atoms with Crippen molar-refractivity contribution in [3.8, 4) is 0 Å². The first-order valence-corrected chi connectivity index (χ1v) is 8.01. The molecule has 21 heavy (non-hydrogen) atoms. The quantitative estimate of drug-likeness (QED) is 0.902.